The Morgan fingerprint density at radius 2 is 1.53 bits per heavy atom. The van der Waals surface area contributed by atoms with Gasteiger partial charge in [-0.15, -0.1) is 0 Å². The number of para-hydroxylation sites is 1. The van der Waals surface area contributed by atoms with E-state index in [9.17, 15) is 9.90 Å². The van der Waals surface area contributed by atoms with Gasteiger partial charge in [0.1, 0.15) is 16.9 Å². The van der Waals surface area contributed by atoms with Gasteiger partial charge < -0.3 is 9.52 Å². The predicted molar refractivity (Wildman–Crippen MR) is 152 cm³/mol. The molecule has 0 bridgehead atoms. The molecule has 1 atom stereocenters. The third-order valence-corrected chi connectivity index (χ3v) is 5.48. The normalized spacial score (nSPS) is 10.6. The molecule has 3 rings (SSSR count). The number of hydrogen-bond acceptors (Lipinski definition) is 3. The van der Waals surface area contributed by atoms with Crippen LogP contribution in [0, 0.1) is 0 Å². The zero-order chi connectivity index (χ0) is 26.4. The molecule has 34 heavy (non-hydrogen) atoms. The van der Waals surface area contributed by atoms with Gasteiger partial charge in [-0.1, -0.05) is 116 Å². The first kappa shape index (κ1) is 31.8. The molecule has 0 aliphatic heterocycles. The van der Waals surface area contributed by atoms with Crippen LogP contribution < -0.4 is 5.63 Å². The molecule has 0 radical (unpaired) electrons. The fraction of sp³-hybridized carbons (Fsp3) is 0.414. The number of benzene rings is 2. The third-order valence-electron chi connectivity index (χ3n) is 5.04. The standard InChI is InChI=1S/C21H18Cl2O3.C4H10.2C2H6/c1-4-11(2)18-17-7-5-6-16(13-8-14(22)10-15(23)9-13)20(17)26-21(25)19(18)12(3)24;1-3-4-2;2*1-2/h5-11,24H,3-4H2,1-2H3;3-4H2,1-2H3;2*1-2H3. The summed E-state index contributed by atoms with van der Waals surface area (Å²) in [6.45, 7) is 19.9. The quantitative estimate of drug-likeness (QED) is 0.276. The van der Waals surface area contributed by atoms with Crippen LogP contribution in [0.2, 0.25) is 10.0 Å². The van der Waals surface area contributed by atoms with Crippen molar-refractivity contribution in [2.24, 2.45) is 0 Å². The summed E-state index contributed by atoms with van der Waals surface area (Å²) < 4.78 is 5.59. The maximum absolute atomic E-state index is 12.6. The van der Waals surface area contributed by atoms with Gasteiger partial charge in [0.05, 0.1) is 0 Å². The molecule has 3 nitrogen and oxygen atoms in total. The Labute approximate surface area is 215 Å². The van der Waals surface area contributed by atoms with Gasteiger partial charge in [0.15, 0.2) is 0 Å². The van der Waals surface area contributed by atoms with E-state index in [4.69, 9.17) is 27.6 Å². The zero-order valence-electron chi connectivity index (χ0n) is 21.9. The van der Waals surface area contributed by atoms with Crippen LogP contribution in [0.25, 0.3) is 27.9 Å². The van der Waals surface area contributed by atoms with Gasteiger partial charge in [-0.05, 0) is 41.7 Å². The molecule has 0 aliphatic rings. The minimum Gasteiger partial charge on any atom is -0.508 e. The van der Waals surface area contributed by atoms with E-state index in [1.54, 1.807) is 18.2 Å². The van der Waals surface area contributed by atoms with Crippen molar-refractivity contribution in [3.05, 3.63) is 74.6 Å². The van der Waals surface area contributed by atoms with Crippen molar-refractivity contribution in [1.82, 2.24) is 0 Å². The summed E-state index contributed by atoms with van der Waals surface area (Å²) in [5.74, 6) is -0.245. The van der Waals surface area contributed by atoms with E-state index in [2.05, 4.69) is 20.4 Å². The van der Waals surface area contributed by atoms with Crippen molar-refractivity contribution < 1.29 is 9.52 Å². The molecule has 188 valence electrons. The van der Waals surface area contributed by atoms with Gasteiger partial charge >= 0.3 is 5.63 Å². The first-order valence-corrected chi connectivity index (χ1v) is 12.9. The molecule has 0 saturated heterocycles. The van der Waals surface area contributed by atoms with Gasteiger partial charge in [-0.2, -0.15) is 0 Å². The molecule has 2 aromatic carbocycles. The van der Waals surface area contributed by atoms with E-state index < -0.39 is 5.63 Å². The average molecular weight is 508 g/mol. The summed E-state index contributed by atoms with van der Waals surface area (Å²) in [6, 6.07) is 10.8. The fourth-order valence-electron chi connectivity index (χ4n) is 3.17. The number of fused-ring (bicyclic) bond motifs is 1. The van der Waals surface area contributed by atoms with Crippen LogP contribution >= 0.6 is 23.2 Å². The van der Waals surface area contributed by atoms with Crippen molar-refractivity contribution in [3.63, 3.8) is 0 Å². The van der Waals surface area contributed by atoms with Crippen molar-refractivity contribution in [1.29, 1.82) is 0 Å². The average Bonchev–Trinajstić information content (AvgIpc) is 2.84. The predicted octanol–water partition coefficient (Wildman–Crippen LogP) is 10.7. The molecule has 0 spiro atoms. The molecular formula is C29H40Cl2O3. The Bertz CT molecular complexity index is 1080. The van der Waals surface area contributed by atoms with Crippen LogP contribution in [-0.4, -0.2) is 5.11 Å². The molecule has 1 N–H and O–H groups in total. The molecule has 1 heterocycles. The minimum absolute atomic E-state index is 0.0405. The van der Waals surface area contributed by atoms with E-state index in [0.717, 1.165) is 22.9 Å². The number of unbranched alkanes of at least 4 members (excludes halogenated alkanes) is 1. The first-order valence-electron chi connectivity index (χ1n) is 12.2. The molecular weight excluding hydrogens is 467 g/mol. The number of halogens is 2. The fourth-order valence-corrected chi connectivity index (χ4v) is 3.70. The van der Waals surface area contributed by atoms with Crippen LogP contribution in [0.4, 0.5) is 0 Å². The maximum atomic E-state index is 12.6. The largest absolute Gasteiger partial charge is 0.508 e. The molecule has 1 unspecified atom stereocenters. The van der Waals surface area contributed by atoms with Gasteiger partial charge in [-0.3, -0.25) is 0 Å². The summed E-state index contributed by atoms with van der Waals surface area (Å²) in [5, 5.41) is 11.7. The smallest absolute Gasteiger partial charge is 0.347 e. The second-order valence-corrected chi connectivity index (χ2v) is 8.15. The molecule has 3 aromatic rings. The van der Waals surface area contributed by atoms with Crippen LogP contribution in [-0.2, 0) is 0 Å². The van der Waals surface area contributed by atoms with E-state index in [-0.39, 0.29) is 17.2 Å². The van der Waals surface area contributed by atoms with Gasteiger partial charge in [0.2, 0.25) is 0 Å². The lowest BCUT2D eigenvalue weighted by molar-refractivity contribution is 0.495. The zero-order valence-corrected chi connectivity index (χ0v) is 23.4. The lowest BCUT2D eigenvalue weighted by Crippen LogP contribution is -2.13. The van der Waals surface area contributed by atoms with Crippen molar-refractivity contribution in [2.75, 3.05) is 0 Å². The summed E-state index contributed by atoms with van der Waals surface area (Å²) in [7, 11) is 0. The maximum Gasteiger partial charge on any atom is 0.347 e. The molecule has 0 amide bonds. The van der Waals surface area contributed by atoms with Crippen molar-refractivity contribution in [2.45, 2.75) is 80.6 Å². The second kappa shape index (κ2) is 16.4. The van der Waals surface area contributed by atoms with Crippen LogP contribution in [0.15, 0.2) is 52.2 Å². The second-order valence-electron chi connectivity index (χ2n) is 7.27. The monoisotopic (exact) mass is 506 g/mol. The molecule has 0 saturated carbocycles. The highest BCUT2D eigenvalue weighted by Gasteiger charge is 2.22. The number of aliphatic hydroxyl groups is 1. The van der Waals surface area contributed by atoms with Crippen molar-refractivity contribution in [3.8, 4) is 11.1 Å². The lowest BCUT2D eigenvalue weighted by Gasteiger charge is -2.17. The molecule has 0 fully saturated rings. The lowest BCUT2D eigenvalue weighted by atomic mass is 9.89. The number of aliphatic hydroxyl groups excluding tert-OH is 1. The highest BCUT2D eigenvalue weighted by molar-refractivity contribution is 6.35. The summed E-state index contributed by atoms with van der Waals surface area (Å²) in [5.41, 5.74) is 2.16. The Balaban J connectivity index is 0.00000121. The van der Waals surface area contributed by atoms with Gasteiger partial charge in [0, 0.05) is 21.0 Å². The van der Waals surface area contributed by atoms with E-state index in [1.807, 2.05) is 59.7 Å². The van der Waals surface area contributed by atoms with Crippen LogP contribution in [0.5, 0.6) is 0 Å². The van der Waals surface area contributed by atoms with E-state index >= 15 is 0 Å². The molecule has 5 heteroatoms. The topological polar surface area (TPSA) is 50.4 Å². The van der Waals surface area contributed by atoms with E-state index in [0.29, 0.717) is 21.2 Å². The molecule has 0 aliphatic carbocycles. The third kappa shape index (κ3) is 8.21. The summed E-state index contributed by atoms with van der Waals surface area (Å²) in [4.78, 5) is 12.6. The van der Waals surface area contributed by atoms with Crippen molar-refractivity contribution >= 4 is 39.9 Å². The van der Waals surface area contributed by atoms with E-state index in [1.165, 1.54) is 12.8 Å². The number of hydrogen-bond donors (Lipinski definition) is 1. The minimum atomic E-state index is -0.610. The Kier molecular flexibility index (Phi) is 15.3. The first-order chi connectivity index (χ1) is 16.2. The Hall–Kier alpha value is -2.23. The van der Waals surface area contributed by atoms with Gasteiger partial charge in [-0.25, -0.2) is 4.79 Å². The molecule has 1 aromatic heterocycles. The highest BCUT2D eigenvalue weighted by atomic mass is 35.5. The Morgan fingerprint density at radius 1 is 1.00 bits per heavy atom. The van der Waals surface area contributed by atoms with Crippen LogP contribution in [0.3, 0.4) is 0 Å². The van der Waals surface area contributed by atoms with Gasteiger partial charge in [0.25, 0.3) is 0 Å². The highest BCUT2D eigenvalue weighted by Crippen LogP contribution is 2.37. The number of rotatable bonds is 5. The summed E-state index contributed by atoms with van der Waals surface area (Å²) >= 11 is 12.3. The summed E-state index contributed by atoms with van der Waals surface area (Å²) in [6.07, 6.45) is 3.44. The Morgan fingerprint density at radius 3 is 1.97 bits per heavy atom. The SMILES string of the molecule is C=C(O)c1c(C(C)CC)c2cccc(-c3cc(Cl)cc(Cl)c3)c2oc1=O.CC.CC.CCCC. The van der Waals surface area contributed by atoms with Crippen LogP contribution in [0.1, 0.15) is 91.7 Å².